The number of methoxy groups -OCH3 is 1. The van der Waals surface area contributed by atoms with Crippen LogP contribution in [0.25, 0.3) is 0 Å². The molecule has 0 saturated heterocycles. The van der Waals surface area contributed by atoms with E-state index in [4.69, 9.17) is 33.7 Å². The number of amides is 2. The van der Waals surface area contributed by atoms with Gasteiger partial charge >= 0.3 is 0 Å². The molecule has 1 heterocycles. The zero-order chi connectivity index (χ0) is 19.8. The zero-order valence-electron chi connectivity index (χ0n) is 14.9. The quantitative estimate of drug-likeness (QED) is 0.703. The average molecular weight is 413 g/mol. The van der Waals surface area contributed by atoms with Gasteiger partial charge in [0.25, 0.3) is 11.8 Å². The molecular formula is C18H22Cl2N4O3. The van der Waals surface area contributed by atoms with Gasteiger partial charge in [0.15, 0.2) is 0 Å². The van der Waals surface area contributed by atoms with Crippen LogP contribution >= 0.6 is 23.2 Å². The van der Waals surface area contributed by atoms with Crippen molar-refractivity contribution in [1.82, 2.24) is 10.2 Å². The number of nitrogens with two attached hydrogens (primary N) is 1. The van der Waals surface area contributed by atoms with E-state index in [1.807, 2.05) is 7.11 Å². The van der Waals surface area contributed by atoms with Crippen LogP contribution in [0.4, 0.5) is 5.69 Å². The standard InChI is InChI=1S/C11H8Cl2N4O2.C7H14O/c12-5-2-1-3-6(13)8(5)11(19)16-7-4-15-17-9(7)10(14)18;1-8-7-5-3-2-4-6-7/h1-4H,(H2,14,18)(H,15,17)(H,16,19);7H,2-6H2,1H3. The first-order valence-electron chi connectivity index (χ1n) is 8.55. The van der Waals surface area contributed by atoms with Crippen molar-refractivity contribution in [3.63, 3.8) is 0 Å². The summed E-state index contributed by atoms with van der Waals surface area (Å²) in [6.45, 7) is 0. The molecule has 0 aliphatic heterocycles. The SMILES string of the molecule is COC1CCCCC1.NC(=O)c1[nH]ncc1NC(=O)c1c(Cl)cccc1Cl. The average Bonchev–Trinajstić information content (AvgIpc) is 3.11. The molecular weight excluding hydrogens is 391 g/mol. The van der Waals surface area contributed by atoms with Gasteiger partial charge in [-0.2, -0.15) is 5.10 Å². The molecule has 0 unspecified atom stereocenters. The fraction of sp³-hybridized carbons (Fsp3) is 0.389. The molecule has 9 heteroatoms. The molecule has 7 nitrogen and oxygen atoms in total. The van der Waals surface area contributed by atoms with Gasteiger partial charge in [-0.15, -0.1) is 0 Å². The van der Waals surface area contributed by atoms with Crippen molar-refractivity contribution >= 4 is 40.7 Å². The maximum absolute atomic E-state index is 12.1. The molecule has 0 radical (unpaired) electrons. The monoisotopic (exact) mass is 412 g/mol. The number of halogens is 2. The number of hydrogen-bond donors (Lipinski definition) is 3. The third-order valence-electron chi connectivity index (χ3n) is 4.21. The number of benzene rings is 1. The van der Waals surface area contributed by atoms with Crippen LogP contribution in [0, 0.1) is 0 Å². The van der Waals surface area contributed by atoms with Crippen LogP contribution < -0.4 is 11.1 Å². The molecule has 1 aromatic heterocycles. The highest BCUT2D eigenvalue weighted by atomic mass is 35.5. The smallest absolute Gasteiger partial charge is 0.268 e. The lowest BCUT2D eigenvalue weighted by molar-refractivity contribution is 0.0710. The van der Waals surface area contributed by atoms with Crippen molar-refractivity contribution in [3.05, 3.63) is 45.7 Å². The molecule has 1 aromatic carbocycles. The van der Waals surface area contributed by atoms with Crippen LogP contribution in [-0.4, -0.2) is 35.2 Å². The summed E-state index contributed by atoms with van der Waals surface area (Å²) in [6, 6.07) is 4.69. The largest absolute Gasteiger partial charge is 0.381 e. The number of carbonyl (C=O) groups is 2. The molecule has 1 saturated carbocycles. The van der Waals surface area contributed by atoms with Crippen LogP contribution in [0.15, 0.2) is 24.4 Å². The van der Waals surface area contributed by atoms with Crippen molar-refractivity contribution < 1.29 is 14.3 Å². The number of aromatic amines is 1. The summed E-state index contributed by atoms with van der Waals surface area (Å²) < 4.78 is 5.19. The molecule has 2 amide bonds. The van der Waals surface area contributed by atoms with E-state index in [9.17, 15) is 9.59 Å². The normalized spacial score (nSPS) is 14.2. The Balaban J connectivity index is 0.000000273. The van der Waals surface area contributed by atoms with Gasteiger partial charge < -0.3 is 15.8 Å². The summed E-state index contributed by atoms with van der Waals surface area (Å²) in [5, 5.41) is 8.89. The van der Waals surface area contributed by atoms with E-state index in [2.05, 4.69) is 15.5 Å². The Morgan fingerprint density at radius 2 is 1.85 bits per heavy atom. The Morgan fingerprint density at radius 3 is 2.37 bits per heavy atom. The Labute approximate surface area is 167 Å². The third-order valence-corrected chi connectivity index (χ3v) is 4.84. The van der Waals surface area contributed by atoms with Crippen LogP contribution in [0.2, 0.25) is 10.0 Å². The van der Waals surface area contributed by atoms with Crippen LogP contribution in [0.1, 0.15) is 53.0 Å². The molecule has 146 valence electrons. The molecule has 0 atom stereocenters. The molecule has 27 heavy (non-hydrogen) atoms. The molecule has 2 aromatic rings. The van der Waals surface area contributed by atoms with Gasteiger partial charge in [-0.1, -0.05) is 48.5 Å². The van der Waals surface area contributed by atoms with E-state index in [1.54, 1.807) is 6.07 Å². The van der Waals surface area contributed by atoms with Gasteiger partial charge in [-0.25, -0.2) is 0 Å². The van der Waals surface area contributed by atoms with Crippen molar-refractivity contribution in [2.45, 2.75) is 38.2 Å². The van der Waals surface area contributed by atoms with Gasteiger partial charge in [0.2, 0.25) is 0 Å². The van der Waals surface area contributed by atoms with Gasteiger partial charge in [0.05, 0.1) is 33.6 Å². The predicted octanol–water partition coefficient (Wildman–Crippen LogP) is 4.03. The van der Waals surface area contributed by atoms with Crippen molar-refractivity contribution in [3.8, 4) is 0 Å². The van der Waals surface area contributed by atoms with Gasteiger partial charge in [0, 0.05) is 7.11 Å². The number of H-pyrrole nitrogens is 1. The highest BCUT2D eigenvalue weighted by Gasteiger charge is 2.18. The second-order valence-corrected chi connectivity index (χ2v) is 6.88. The summed E-state index contributed by atoms with van der Waals surface area (Å²) in [7, 11) is 1.82. The fourth-order valence-electron chi connectivity index (χ4n) is 2.77. The molecule has 0 spiro atoms. The van der Waals surface area contributed by atoms with Crippen molar-refractivity contribution in [2.24, 2.45) is 5.73 Å². The number of primary amides is 1. The van der Waals surface area contributed by atoms with E-state index in [-0.39, 0.29) is 27.0 Å². The number of aromatic nitrogens is 2. The van der Waals surface area contributed by atoms with Crippen LogP contribution in [0.5, 0.6) is 0 Å². The summed E-state index contributed by atoms with van der Waals surface area (Å²) >= 11 is 11.8. The fourth-order valence-corrected chi connectivity index (χ4v) is 3.34. The second kappa shape index (κ2) is 10.3. The van der Waals surface area contributed by atoms with Gasteiger partial charge in [0.1, 0.15) is 5.69 Å². The van der Waals surface area contributed by atoms with Gasteiger partial charge in [-0.3, -0.25) is 14.7 Å². The lowest BCUT2D eigenvalue weighted by Crippen LogP contribution is -2.18. The number of nitrogens with zero attached hydrogens (tertiary/aromatic N) is 1. The summed E-state index contributed by atoms with van der Waals surface area (Å²) in [5.41, 5.74) is 5.39. The molecule has 1 aliphatic carbocycles. The predicted molar refractivity (Wildman–Crippen MR) is 105 cm³/mol. The molecule has 1 fully saturated rings. The second-order valence-electron chi connectivity index (χ2n) is 6.07. The van der Waals surface area contributed by atoms with E-state index in [1.165, 1.54) is 50.4 Å². The first-order chi connectivity index (χ1) is 12.9. The van der Waals surface area contributed by atoms with Crippen LogP contribution in [-0.2, 0) is 4.74 Å². The highest BCUT2D eigenvalue weighted by Crippen LogP contribution is 2.25. The minimum atomic E-state index is -0.738. The zero-order valence-corrected chi connectivity index (χ0v) is 16.4. The van der Waals surface area contributed by atoms with E-state index < -0.39 is 11.8 Å². The topological polar surface area (TPSA) is 110 Å². The summed E-state index contributed by atoms with van der Waals surface area (Å²) in [6.07, 6.45) is 8.59. The van der Waals surface area contributed by atoms with E-state index in [0.29, 0.717) is 6.10 Å². The molecule has 3 rings (SSSR count). The van der Waals surface area contributed by atoms with Crippen molar-refractivity contribution in [2.75, 3.05) is 12.4 Å². The van der Waals surface area contributed by atoms with E-state index >= 15 is 0 Å². The Kier molecular flexibility index (Phi) is 8.09. The maximum Gasteiger partial charge on any atom is 0.268 e. The minimum absolute atomic E-state index is 0.00322. The lowest BCUT2D eigenvalue weighted by atomic mass is 9.98. The third kappa shape index (κ3) is 5.95. The maximum atomic E-state index is 12.1. The Morgan fingerprint density at radius 1 is 1.22 bits per heavy atom. The Hall–Kier alpha value is -2.09. The lowest BCUT2D eigenvalue weighted by Gasteiger charge is -2.19. The first-order valence-corrected chi connectivity index (χ1v) is 9.31. The van der Waals surface area contributed by atoms with Gasteiger partial charge in [-0.05, 0) is 25.0 Å². The highest BCUT2D eigenvalue weighted by molar-refractivity contribution is 6.40. The van der Waals surface area contributed by atoms with Crippen LogP contribution in [0.3, 0.4) is 0 Å². The number of nitrogens with one attached hydrogen (secondary N) is 2. The number of ether oxygens (including phenoxy) is 1. The number of rotatable bonds is 4. The Bertz CT molecular complexity index is 768. The molecule has 1 aliphatic rings. The molecule has 0 bridgehead atoms. The number of hydrogen-bond acceptors (Lipinski definition) is 4. The summed E-state index contributed by atoms with van der Waals surface area (Å²) in [5.74, 6) is -1.29. The van der Waals surface area contributed by atoms with Crippen molar-refractivity contribution in [1.29, 1.82) is 0 Å². The number of carbonyl (C=O) groups excluding carboxylic acids is 2. The van der Waals surface area contributed by atoms with E-state index in [0.717, 1.165) is 0 Å². The minimum Gasteiger partial charge on any atom is -0.381 e. The number of anilines is 1. The molecule has 4 N–H and O–H groups in total. The summed E-state index contributed by atoms with van der Waals surface area (Å²) in [4.78, 5) is 23.1. The first kappa shape index (κ1) is 21.2.